The lowest BCUT2D eigenvalue weighted by atomic mass is 9.93. The van der Waals surface area contributed by atoms with Crippen molar-refractivity contribution in [1.29, 1.82) is 0 Å². The normalized spacial score (nSPS) is 15.4. The number of rotatable bonds is 10. The van der Waals surface area contributed by atoms with Gasteiger partial charge in [-0.2, -0.15) is 0 Å². The summed E-state index contributed by atoms with van der Waals surface area (Å²) in [6.45, 7) is 2.41. The van der Waals surface area contributed by atoms with Gasteiger partial charge in [0.25, 0.3) is 0 Å². The van der Waals surface area contributed by atoms with Crippen molar-refractivity contribution < 1.29 is 21.9 Å². The molecule has 152 valence electrons. The zero-order chi connectivity index (χ0) is 20.1. The van der Waals surface area contributed by atoms with Gasteiger partial charge in [-0.15, -0.1) is 0 Å². The minimum absolute atomic E-state index is 0.105. The van der Waals surface area contributed by atoms with Crippen molar-refractivity contribution in [2.24, 2.45) is 5.92 Å². The molecule has 0 N–H and O–H groups in total. The van der Waals surface area contributed by atoms with Crippen molar-refractivity contribution in [1.82, 2.24) is 0 Å². The highest BCUT2D eigenvalue weighted by molar-refractivity contribution is 7.91. The summed E-state index contributed by atoms with van der Waals surface area (Å²) in [6.07, 6.45) is 3.57. The molecular formula is C22H26F2O3S. The first-order valence-corrected chi connectivity index (χ1v) is 11.6. The van der Waals surface area contributed by atoms with E-state index in [1.54, 1.807) is 24.3 Å². The molecule has 2 aromatic rings. The van der Waals surface area contributed by atoms with Crippen molar-refractivity contribution in [3.05, 3.63) is 65.2 Å². The van der Waals surface area contributed by atoms with Gasteiger partial charge in [-0.25, -0.2) is 17.2 Å². The van der Waals surface area contributed by atoms with Crippen molar-refractivity contribution in [2.75, 3.05) is 18.1 Å². The maximum absolute atomic E-state index is 14.2. The van der Waals surface area contributed by atoms with Crippen LogP contribution in [-0.2, 0) is 9.84 Å². The van der Waals surface area contributed by atoms with Gasteiger partial charge in [0.05, 0.1) is 18.1 Å². The molecule has 1 aliphatic carbocycles. The SMILES string of the molecule is CCCCS(=O)(=O)C[C@H](c1ccc(F)cc1)c1ccc(F)c(OCC2CC2)c1. The number of hydrogen-bond donors (Lipinski definition) is 0. The molecule has 0 unspecified atom stereocenters. The maximum atomic E-state index is 14.2. The third-order valence-electron chi connectivity index (χ3n) is 5.03. The van der Waals surface area contributed by atoms with E-state index in [0.29, 0.717) is 30.1 Å². The summed E-state index contributed by atoms with van der Waals surface area (Å²) in [7, 11) is -3.32. The minimum atomic E-state index is -3.32. The van der Waals surface area contributed by atoms with Crippen LogP contribution in [0.1, 0.15) is 49.7 Å². The molecule has 0 spiro atoms. The summed E-state index contributed by atoms with van der Waals surface area (Å²) in [6, 6.07) is 10.3. The molecular weight excluding hydrogens is 382 g/mol. The lowest BCUT2D eigenvalue weighted by Gasteiger charge is -2.19. The van der Waals surface area contributed by atoms with Gasteiger partial charge in [-0.05, 0) is 60.6 Å². The second kappa shape index (κ2) is 9.03. The monoisotopic (exact) mass is 408 g/mol. The van der Waals surface area contributed by atoms with E-state index in [0.717, 1.165) is 19.3 Å². The van der Waals surface area contributed by atoms with Crippen LogP contribution in [0, 0.1) is 17.6 Å². The molecule has 6 heteroatoms. The summed E-state index contributed by atoms with van der Waals surface area (Å²) < 4.78 is 58.4. The maximum Gasteiger partial charge on any atom is 0.165 e. The second-order valence-corrected chi connectivity index (χ2v) is 9.75. The van der Waals surface area contributed by atoms with Gasteiger partial charge >= 0.3 is 0 Å². The predicted molar refractivity (Wildman–Crippen MR) is 106 cm³/mol. The highest BCUT2D eigenvalue weighted by atomic mass is 32.2. The first-order valence-electron chi connectivity index (χ1n) is 9.76. The number of benzene rings is 2. The largest absolute Gasteiger partial charge is 0.490 e. The Morgan fingerprint density at radius 2 is 1.75 bits per heavy atom. The fraction of sp³-hybridized carbons (Fsp3) is 0.455. The van der Waals surface area contributed by atoms with Gasteiger partial charge in [0.1, 0.15) is 5.82 Å². The molecule has 28 heavy (non-hydrogen) atoms. The summed E-state index contributed by atoms with van der Waals surface area (Å²) in [5, 5.41) is 0. The molecule has 0 aliphatic heterocycles. The van der Waals surface area contributed by atoms with E-state index in [1.165, 1.54) is 18.2 Å². The molecule has 0 radical (unpaired) electrons. The van der Waals surface area contributed by atoms with Crippen LogP contribution in [0.25, 0.3) is 0 Å². The minimum Gasteiger partial charge on any atom is -0.490 e. The zero-order valence-corrected chi connectivity index (χ0v) is 16.9. The van der Waals surface area contributed by atoms with Crippen molar-refractivity contribution in [2.45, 2.75) is 38.5 Å². The lowest BCUT2D eigenvalue weighted by Crippen LogP contribution is -2.19. The van der Waals surface area contributed by atoms with Gasteiger partial charge in [0.15, 0.2) is 21.4 Å². The molecule has 0 heterocycles. The average Bonchev–Trinajstić information content (AvgIpc) is 3.49. The first kappa shape index (κ1) is 20.8. The molecule has 2 aromatic carbocycles. The Kier molecular flexibility index (Phi) is 6.70. The molecule has 0 aromatic heterocycles. The Bertz CT molecular complexity index is 890. The lowest BCUT2D eigenvalue weighted by molar-refractivity contribution is 0.285. The molecule has 1 fully saturated rings. The standard InChI is InChI=1S/C22H26F2O3S/c1-2-3-12-28(25,26)15-20(17-6-9-19(23)10-7-17)18-8-11-21(24)22(13-18)27-14-16-4-5-16/h6-11,13,16,20H,2-5,12,14-15H2,1H3/t20-/m1/s1. The molecule has 1 atom stereocenters. The third kappa shape index (κ3) is 5.77. The van der Waals surface area contributed by atoms with E-state index in [4.69, 9.17) is 4.74 Å². The van der Waals surface area contributed by atoms with E-state index in [-0.39, 0.29) is 23.1 Å². The molecule has 0 amide bonds. The van der Waals surface area contributed by atoms with Crippen molar-refractivity contribution in [3.63, 3.8) is 0 Å². The summed E-state index contributed by atoms with van der Waals surface area (Å²) in [4.78, 5) is 0. The van der Waals surface area contributed by atoms with Gasteiger partial charge in [-0.3, -0.25) is 0 Å². The third-order valence-corrected chi connectivity index (χ3v) is 6.78. The molecule has 3 nitrogen and oxygen atoms in total. The van der Waals surface area contributed by atoms with E-state index in [1.807, 2.05) is 6.92 Å². The van der Waals surface area contributed by atoms with Crippen LogP contribution in [0.4, 0.5) is 8.78 Å². The molecule has 1 saturated carbocycles. The average molecular weight is 409 g/mol. The van der Waals surface area contributed by atoms with Gasteiger partial charge in [0.2, 0.25) is 0 Å². The molecule has 1 aliphatic rings. The van der Waals surface area contributed by atoms with Crippen LogP contribution >= 0.6 is 0 Å². The summed E-state index contributed by atoms with van der Waals surface area (Å²) in [5.74, 6) is -0.737. The van der Waals surface area contributed by atoms with Gasteiger partial charge in [-0.1, -0.05) is 31.5 Å². The fourth-order valence-electron chi connectivity index (χ4n) is 3.12. The van der Waals surface area contributed by atoms with Crippen LogP contribution in [-0.4, -0.2) is 26.5 Å². The number of hydrogen-bond acceptors (Lipinski definition) is 3. The van der Waals surface area contributed by atoms with Crippen LogP contribution in [0.3, 0.4) is 0 Å². The first-order chi connectivity index (χ1) is 13.4. The Hall–Kier alpha value is -1.95. The highest BCUT2D eigenvalue weighted by Gasteiger charge is 2.25. The molecule has 0 saturated heterocycles. The second-order valence-electron chi connectivity index (χ2n) is 7.52. The highest BCUT2D eigenvalue weighted by Crippen LogP contribution is 2.33. The number of ether oxygens (including phenoxy) is 1. The van der Waals surface area contributed by atoms with E-state index < -0.39 is 21.6 Å². The zero-order valence-electron chi connectivity index (χ0n) is 16.0. The van der Waals surface area contributed by atoms with Gasteiger partial charge < -0.3 is 4.74 Å². The van der Waals surface area contributed by atoms with E-state index >= 15 is 0 Å². The Balaban J connectivity index is 1.91. The molecule has 0 bridgehead atoms. The van der Waals surface area contributed by atoms with Crippen LogP contribution < -0.4 is 4.74 Å². The summed E-state index contributed by atoms with van der Waals surface area (Å²) >= 11 is 0. The number of sulfone groups is 1. The number of unbranched alkanes of at least 4 members (excludes halogenated alkanes) is 1. The number of halogens is 2. The van der Waals surface area contributed by atoms with Crippen LogP contribution in [0.2, 0.25) is 0 Å². The Labute approximate surface area is 165 Å². The summed E-state index contributed by atoms with van der Waals surface area (Å²) in [5.41, 5.74) is 1.33. The van der Waals surface area contributed by atoms with Gasteiger partial charge in [0, 0.05) is 5.92 Å². The predicted octanol–water partition coefficient (Wildman–Crippen LogP) is 5.10. The molecule has 3 rings (SSSR count). The van der Waals surface area contributed by atoms with Crippen molar-refractivity contribution >= 4 is 9.84 Å². The fourth-order valence-corrected chi connectivity index (χ4v) is 4.91. The van der Waals surface area contributed by atoms with Crippen LogP contribution in [0.15, 0.2) is 42.5 Å². The van der Waals surface area contributed by atoms with E-state index in [9.17, 15) is 17.2 Å². The topological polar surface area (TPSA) is 43.4 Å². The smallest absolute Gasteiger partial charge is 0.165 e. The van der Waals surface area contributed by atoms with E-state index in [2.05, 4.69) is 0 Å². The Morgan fingerprint density at radius 3 is 2.39 bits per heavy atom. The van der Waals surface area contributed by atoms with Crippen LogP contribution in [0.5, 0.6) is 5.75 Å². The van der Waals surface area contributed by atoms with Crippen molar-refractivity contribution in [3.8, 4) is 5.75 Å². The Morgan fingerprint density at radius 1 is 1.07 bits per heavy atom. The quantitative estimate of drug-likeness (QED) is 0.549.